The van der Waals surface area contributed by atoms with Crippen LogP contribution in [0.5, 0.6) is 0 Å². The number of nitrogens with two attached hydrogens (primary N) is 1. The molecule has 0 amide bonds. The van der Waals surface area contributed by atoms with E-state index < -0.39 is 0 Å². The molecule has 0 heterocycles. The highest BCUT2D eigenvalue weighted by molar-refractivity contribution is 6.31. The Kier molecular flexibility index (Phi) is 2.90. The molecule has 0 bridgehead atoms. The molecule has 1 aromatic carbocycles. The van der Waals surface area contributed by atoms with E-state index in [2.05, 4.69) is 18.2 Å². The van der Waals surface area contributed by atoms with Gasteiger partial charge in [0.2, 0.25) is 0 Å². The van der Waals surface area contributed by atoms with E-state index in [1.807, 2.05) is 18.2 Å². The topological polar surface area (TPSA) is 26.0 Å². The molecule has 0 aromatic heterocycles. The third-order valence-electron chi connectivity index (χ3n) is 2.79. The standard InChI is InChI=1S/C12H14ClN/c13-11-7-3-1-5-9(11)10-6-2-4-8-12(10)14/h1-5,7,10,12H,6,8,14H2/t10-,12+/m1/s1. The molecular weight excluding hydrogens is 194 g/mol. The molecule has 0 fully saturated rings. The summed E-state index contributed by atoms with van der Waals surface area (Å²) < 4.78 is 0. The Labute approximate surface area is 89.6 Å². The van der Waals surface area contributed by atoms with Crippen molar-refractivity contribution in [3.8, 4) is 0 Å². The highest BCUT2D eigenvalue weighted by Gasteiger charge is 2.21. The number of halogens is 1. The lowest BCUT2D eigenvalue weighted by atomic mass is 9.84. The average Bonchev–Trinajstić information content (AvgIpc) is 2.20. The Bertz CT molecular complexity index is 346. The van der Waals surface area contributed by atoms with E-state index in [0.29, 0.717) is 5.92 Å². The highest BCUT2D eigenvalue weighted by atomic mass is 35.5. The molecule has 2 N–H and O–H groups in total. The molecular formula is C12H14ClN. The summed E-state index contributed by atoms with van der Waals surface area (Å²) in [6, 6.07) is 8.19. The Hall–Kier alpha value is -0.790. The van der Waals surface area contributed by atoms with Crippen LogP contribution < -0.4 is 5.73 Å². The summed E-state index contributed by atoms with van der Waals surface area (Å²) in [5.41, 5.74) is 7.26. The van der Waals surface area contributed by atoms with Gasteiger partial charge in [0.1, 0.15) is 0 Å². The molecule has 0 aliphatic heterocycles. The molecule has 1 aromatic rings. The predicted octanol–water partition coefficient (Wildman–Crippen LogP) is 3.10. The van der Waals surface area contributed by atoms with E-state index in [-0.39, 0.29) is 6.04 Å². The van der Waals surface area contributed by atoms with Crippen molar-refractivity contribution in [1.82, 2.24) is 0 Å². The molecule has 14 heavy (non-hydrogen) atoms. The van der Waals surface area contributed by atoms with Crippen LogP contribution in [0, 0.1) is 0 Å². The second-order valence-electron chi connectivity index (χ2n) is 3.73. The van der Waals surface area contributed by atoms with Crippen molar-refractivity contribution >= 4 is 11.6 Å². The Morgan fingerprint density at radius 1 is 1.14 bits per heavy atom. The smallest absolute Gasteiger partial charge is 0.0441 e. The van der Waals surface area contributed by atoms with Crippen LogP contribution in [0.3, 0.4) is 0 Å². The van der Waals surface area contributed by atoms with Gasteiger partial charge in [0.15, 0.2) is 0 Å². The maximum absolute atomic E-state index is 6.14. The van der Waals surface area contributed by atoms with Crippen LogP contribution in [0.4, 0.5) is 0 Å². The second kappa shape index (κ2) is 4.16. The Morgan fingerprint density at radius 3 is 2.57 bits per heavy atom. The monoisotopic (exact) mass is 207 g/mol. The van der Waals surface area contributed by atoms with Gasteiger partial charge in [-0.15, -0.1) is 0 Å². The van der Waals surface area contributed by atoms with Crippen LogP contribution in [-0.4, -0.2) is 6.04 Å². The summed E-state index contributed by atoms with van der Waals surface area (Å²) in [4.78, 5) is 0. The fourth-order valence-electron chi connectivity index (χ4n) is 1.97. The van der Waals surface area contributed by atoms with E-state index in [0.717, 1.165) is 17.9 Å². The lowest BCUT2D eigenvalue weighted by molar-refractivity contribution is 0.521. The Balaban J connectivity index is 2.30. The van der Waals surface area contributed by atoms with Crippen LogP contribution >= 0.6 is 11.6 Å². The molecule has 0 spiro atoms. The molecule has 74 valence electrons. The lowest BCUT2D eigenvalue weighted by Crippen LogP contribution is -2.29. The van der Waals surface area contributed by atoms with Crippen LogP contribution in [0.15, 0.2) is 36.4 Å². The van der Waals surface area contributed by atoms with E-state index in [4.69, 9.17) is 17.3 Å². The molecule has 2 heteroatoms. The Morgan fingerprint density at radius 2 is 1.86 bits per heavy atom. The van der Waals surface area contributed by atoms with Crippen molar-refractivity contribution < 1.29 is 0 Å². The number of hydrogen-bond acceptors (Lipinski definition) is 1. The quantitative estimate of drug-likeness (QED) is 0.704. The number of allylic oxidation sites excluding steroid dienone is 1. The fraction of sp³-hybridized carbons (Fsp3) is 0.333. The van der Waals surface area contributed by atoms with Crippen molar-refractivity contribution in [2.75, 3.05) is 0 Å². The first kappa shape index (κ1) is 9.75. The summed E-state index contributed by atoms with van der Waals surface area (Å²) in [6.45, 7) is 0. The molecule has 2 rings (SSSR count). The average molecular weight is 208 g/mol. The number of hydrogen-bond donors (Lipinski definition) is 1. The molecule has 0 saturated carbocycles. The van der Waals surface area contributed by atoms with Crippen molar-refractivity contribution in [3.63, 3.8) is 0 Å². The van der Waals surface area contributed by atoms with Crippen LogP contribution in [0.25, 0.3) is 0 Å². The van der Waals surface area contributed by atoms with Crippen LogP contribution in [-0.2, 0) is 0 Å². The first-order valence-electron chi connectivity index (χ1n) is 4.94. The molecule has 0 saturated heterocycles. The lowest BCUT2D eigenvalue weighted by Gasteiger charge is -2.26. The third kappa shape index (κ3) is 1.84. The zero-order valence-electron chi connectivity index (χ0n) is 7.99. The molecule has 1 aliphatic carbocycles. The molecule has 1 nitrogen and oxygen atoms in total. The maximum atomic E-state index is 6.14. The van der Waals surface area contributed by atoms with Gasteiger partial charge in [0.25, 0.3) is 0 Å². The van der Waals surface area contributed by atoms with Crippen molar-refractivity contribution in [2.45, 2.75) is 24.8 Å². The van der Waals surface area contributed by atoms with E-state index in [1.165, 1.54) is 5.56 Å². The van der Waals surface area contributed by atoms with Gasteiger partial charge in [-0.1, -0.05) is 42.0 Å². The fourth-order valence-corrected chi connectivity index (χ4v) is 2.24. The molecule has 0 radical (unpaired) electrons. The minimum absolute atomic E-state index is 0.208. The van der Waals surface area contributed by atoms with Crippen LogP contribution in [0.2, 0.25) is 5.02 Å². The zero-order valence-corrected chi connectivity index (χ0v) is 8.74. The SMILES string of the molecule is N[C@H]1CC=CC[C@@H]1c1ccccc1Cl. The zero-order chi connectivity index (χ0) is 9.97. The normalized spacial score (nSPS) is 26.4. The van der Waals surface area contributed by atoms with Gasteiger partial charge in [-0.05, 0) is 24.5 Å². The van der Waals surface area contributed by atoms with E-state index in [1.54, 1.807) is 0 Å². The minimum atomic E-state index is 0.208. The molecule has 1 aliphatic rings. The van der Waals surface area contributed by atoms with Gasteiger partial charge in [0, 0.05) is 17.0 Å². The predicted molar refractivity (Wildman–Crippen MR) is 60.5 cm³/mol. The summed E-state index contributed by atoms with van der Waals surface area (Å²) in [6.07, 6.45) is 6.30. The van der Waals surface area contributed by atoms with Gasteiger partial charge >= 0.3 is 0 Å². The van der Waals surface area contributed by atoms with Crippen molar-refractivity contribution in [1.29, 1.82) is 0 Å². The van der Waals surface area contributed by atoms with E-state index in [9.17, 15) is 0 Å². The first-order chi connectivity index (χ1) is 6.79. The van der Waals surface area contributed by atoms with E-state index >= 15 is 0 Å². The highest BCUT2D eigenvalue weighted by Crippen LogP contribution is 2.32. The van der Waals surface area contributed by atoms with Crippen molar-refractivity contribution in [2.24, 2.45) is 5.73 Å². The number of rotatable bonds is 1. The summed E-state index contributed by atoms with van der Waals surface area (Å²) in [7, 11) is 0. The van der Waals surface area contributed by atoms with Gasteiger partial charge < -0.3 is 5.73 Å². The number of benzene rings is 1. The first-order valence-corrected chi connectivity index (χ1v) is 5.32. The largest absolute Gasteiger partial charge is 0.327 e. The minimum Gasteiger partial charge on any atom is -0.327 e. The summed E-state index contributed by atoms with van der Waals surface area (Å²) in [5.74, 6) is 0.383. The molecule has 0 unspecified atom stereocenters. The van der Waals surface area contributed by atoms with Gasteiger partial charge in [-0.25, -0.2) is 0 Å². The maximum Gasteiger partial charge on any atom is 0.0441 e. The van der Waals surface area contributed by atoms with Crippen LogP contribution in [0.1, 0.15) is 24.3 Å². The summed E-state index contributed by atoms with van der Waals surface area (Å²) in [5, 5.41) is 0.836. The van der Waals surface area contributed by atoms with Gasteiger partial charge in [-0.2, -0.15) is 0 Å². The van der Waals surface area contributed by atoms with Crippen molar-refractivity contribution in [3.05, 3.63) is 47.0 Å². The second-order valence-corrected chi connectivity index (χ2v) is 4.14. The summed E-state index contributed by atoms with van der Waals surface area (Å²) >= 11 is 6.14. The van der Waals surface area contributed by atoms with Gasteiger partial charge in [0.05, 0.1) is 0 Å². The third-order valence-corrected chi connectivity index (χ3v) is 3.13. The molecule has 2 atom stereocenters. The van der Waals surface area contributed by atoms with Gasteiger partial charge in [-0.3, -0.25) is 0 Å².